The lowest BCUT2D eigenvalue weighted by Gasteiger charge is -2.35. The average molecular weight is 363 g/mol. The molecule has 0 fully saturated rings. The number of benzene rings is 4. The summed E-state index contributed by atoms with van der Waals surface area (Å²) in [7, 11) is 0. The summed E-state index contributed by atoms with van der Waals surface area (Å²) in [5.74, 6) is 0. The molecule has 1 aliphatic carbocycles. The maximum absolute atomic E-state index is 6.33. The Balaban J connectivity index is 2.06. The molecular formula is C23H16Cl2. The minimum atomic E-state index is -0.0982. The first-order valence-electron chi connectivity index (χ1n) is 8.43. The van der Waals surface area contributed by atoms with E-state index in [2.05, 4.69) is 62.4 Å². The number of fused-ring (bicyclic) bond motifs is 4. The highest BCUT2D eigenvalue weighted by molar-refractivity contribution is 6.32. The summed E-state index contributed by atoms with van der Waals surface area (Å²) < 4.78 is 0. The van der Waals surface area contributed by atoms with Gasteiger partial charge < -0.3 is 0 Å². The summed E-state index contributed by atoms with van der Waals surface area (Å²) in [6.07, 6.45) is 0. The number of halogens is 2. The van der Waals surface area contributed by atoms with Gasteiger partial charge in [0.2, 0.25) is 0 Å². The molecule has 2 heteroatoms. The van der Waals surface area contributed by atoms with Crippen molar-refractivity contribution < 1.29 is 0 Å². The van der Waals surface area contributed by atoms with Gasteiger partial charge in [0.05, 0.1) is 0 Å². The summed E-state index contributed by atoms with van der Waals surface area (Å²) in [5, 5.41) is 6.58. The highest BCUT2D eigenvalue weighted by Crippen LogP contribution is 2.50. The Morgan fingerprint density at radius 2 is 1.44 bits per heavy atom. The van der Waals surface area contributed by atoms with Crippen LogP contribution in [0.3, 0.4) is 0 Å². The smallest absolute Gasteiger partial charge is 0.0412 e. The third-order valence-electron chi connectivity index (χ3n) is 5.56. The van der Waals surface area contributed by atoms with E-state index < -0.39 is 0 Å². The second kappa shape index (κ2) is 5.00. The first-order chi connectivity index (χ1) is 12.0. The molecule has 0 saturated heterocycles. The molecule has 0 atom stereocenters. The van der Waals surface area contributed by atoms with Gasteiger partial charge in [0.25, 0.3) is 0 Å². The first-order valence-corrected chi connectivity index (χ1v) is 9.18. The average Bonchev–Trinajstić information content (AvgIpc) is 2.60. The molecule has 4 aromatic carbocycles. The zero-order valence-electron chi connectivity index (χ0n) is 14.0. The van der Waals surface area contributed by atoms with E-state index in [1.807, 2.05) is 12.1 Å². The van der Waals surface area contributed by atoms with Crippen molar-refractivity contribution in [2.24, 2.45) is 0 Å². The maximum atomic E-state index is 6.33. The molecule has 0 amide bonds. The fraction of sp³-hybridized carbons (Fsp3) is 0.130. The van der Waals surface area contributed by atoms with E-state index in [0.29, 0.717) is 0 Å². The summed E-state index contributed by atoms with van der Waals surface area (Å²) in [6, 6.07) is 21.3. The second-order valence-corrected chi connectivity index (χ2v) is 8.21. The van der Waals surface area contributed by atoms with Crippen LogP contribution in [0.25, 0.3) is 32.7 Å². The van der Waals surface area contributed by atoms with E-state index in [1.54, 1.807) is 0 Å². The fourth-order valence-corrected chi connectivity index (χ4v) is 4.67. The molecule has 5 rings (SSSR count). The molecule has 122 valence electrons. The van der Waals surface area contributed by atoms with Gasteiger partial charge >= 0.3 is 0 Å². The van der Waals surface area contributed by atoms with E-state index in [4.69, 9.17) is 23.2 Å². The van der Waals surface area contributed by atoms with Crippen molar-refractivity contribution >= 4 is 44.7 Å². The van der Waals surface area contributed by atoms with E-state index in [-0.39, 0.29) is 5.41 Å². The van der Waals surface area contributed by atoms with Gasteiger partial charge in [-0.1, -0.05) is 67.4 Å². The predicted molar refractivity (Wildman–Crippen MR) is 109 cm³/mol. The molecule has 0 aromatic heterocycles. The molecule has 0 bridgehead atoms. The lowest BCUT2D eigenvalue weighted by molar-refractivity contribution is 0.645. The third kappa shape index (κ3) is 2.02. The van der Waals surface area contributed by atoms with Crippen molar-refractivity contribution in [1.82, 2.24) is 0 Å². The van der Waals surface area contributed by atoms with E-state index >= 15 is 0 Å². The molecule has 0 heterocycles. The molecule has 4 aromatic rings. The molecule has 0 unspecified atom stereocenters. The van der Waals surface area contributed by atoms with Crippen LogP contribution in [0.15, 0.2) is 60.7 Å². The van der Waals surface area contributed by atoms with E-state index in [9.17, 15) is 0 Å². The van der Waals surface area contributed by atoms with Gasteiger partial charge in [-0.25, -0.2) is 0 Å². The predicted octanol–water partition coefficient (Wildman–Crippen LogP) is 7.61. The third-order valence-corrected chi connectivity index (χ3v) is 6.03. The highest BCUT2D eigenvalue weighted by Gasteiger charge is 2.33. The van der Waals surface area contributed by atoms with Crippen LogP contribution in [0, 0.1) is 0 Å². The minimum absolute atomic E-state index is 0.0982. The zero-order chi connectivity index (χ0) is 17.3. The van der Waals surface area contributed by atoms with Crippen LogP contribution in [0.4, 0.5) is 0 Å². The maximum Gasteiger partial charge on any atom is 0.0412 e. The van der Waals surface area contributed by atoms with Gasteiger partial charge in [0, 0.05) is 15.5 Å². The summed E-state index contributed by atoms with van der Waals surface area (Å²) in [5.41, 5.74) is 5.09. The van der Waals surface area contributed by atoms with Gasteiger partial charge in [-0.2, -0.15) is 0 Å². The van der Waals surface area contributed by atoms with Crippen molar-refractivity contribution in [1.29, 1.82) is 0 Å². The van der Waals surface area contributed by atoms with Crippen molar-refractivity contribution in [2.45, 2.75) is 19.3 Å². The Morgan fingerprint density at radius 1 is 0.680 bits per heavy atom. The van der Waals surface area contributed by atoms with Crippen LogP contribution in [0.2, 0.25) is 10.0 Å². The molecule has 0 spiro atoms. The Hall–Kier alpha value is -2.02. The fourth-order valence-electron chi connectivity index (χ4n) is 4.33. The largest absolute Gasteiger partial charge is 0.0843 e. The lowest BCUT2D eigenvalue weighted by Crippen LogP contribution is -2.23. The number of rotatable bonds is 0. The van der Waals surface area contributed by atoms with Crippen LogP contribution < -0.4 is 0 Å². The van der Waals surface area contributed by atoms with Crippen LogP contribution in [0.5, 0.6) is 0 Å². The van der Waals surface area contributed by atoms with Crippen LogP contribution in [0.1, 0.15) is 25.0 Å². The topological polar surface area (TPSA) is 0 Å². The lowest BCUT2D eigenvalue weighted by atomic mass is 9.68. The monoisotopic (exact) mass is 362 g/mol. The normalized spacial score (nSPS) is 14.7. The highest BCUT2D eigenvalue weighted by atomic mass is 35.5. The standard InChI is InChI=1S/C23H16Cl2/c1-23(2)20-5-3-4-17-18-11-14(24)7-6-13(18)10-19(22(17)20)16-9-8-15(25)12-21(16)23/h3-12H,1-2H3. The van der Waals surface area contributed by atoms with Crippen LogP contribution in [-0.2, 0) is 5.41 Å². The van der Waals surface area contributed by atoms with Crippen molar-refractivity contribution in [2.75, 3.05) is 0 Å². The number of hydrogen-bond acceptors (Lipinski definition) is 0. The van der Waals surface area contributed by atoms with Gasteiger partial charge in [-0.15, -0.1) is 0 Å². The van der Waals surface area contributed by atoms with Crippen LogP contribution >= 0.6 is 23.2 Å². The minimum Gasteiger partial charge on any atom is -0.0843 e. The molecule has 1 aliphatic rings. The first kappa shape index (κ1) is 15.3. The van der Waals surface area contributed by atoms with Gasteiger partial charge in [0.1, 0.15) is 0 Å². The summed E-state index contributed by atoms with van der Waals surface area (Å²) in [4.78, 5) is 0. The summed E-state index contributed by atoms with van der Waals surface area (Å²) in [6.45, 7) is 4.56. The quantitative estimate of drug-likeness (QED) is 0.282. The number of hydrogen-bond donors (Lipinski definition) is 0. The Bertz CT molecular complexity index is 1190. The van der Waals surface area contributed by atoms with Crippen molar-refractivity contribution in [3.63, 3.8) is 0 Å². The van der Waals surface area contributed by atoms with Crippen molar-refractivity contribution in [3.8, 4) is 11.1 Å². The molecule has 0 aliphatic heterocycles. The second-order valence-electron chi connectivity index (χ2n) is 7.33. The van der Waals surface area contributed by atoms with Crippen LogP contribution in [-0.4, -0.2) is 0 Å². The zero-order valence-corrected chi connectivity index (χ0v) is 15.5. The molecular weight excluding hydrogens is 347 g/mol. The molecule has 0 radical (unpaired) electrons. The van der Waals surface area contributed by atoms with E-state index in [0.717, 1.165) is 10.0 Å². The molecule has 0 saturated carbocycles. The molecule has 25 heavy (non-hydrogen) atoms. The van der Waals surface area contributed by atoms with Gasteiger partial charge in [-0.3, -0.25) is 0 Å². The Kier molecular flexibility index (Phi) is 3.05. The SMILES string of the molecule is CC1(C)c2cc(Cl)ccc2-c2cc3ccc(Cl)cc3c3cccc1c23. The molecule has 0 nitrogen and oxygen atoms in total. The Morgan fingerprint density at radius 3 is 2.28 bits per heavy atom. The van der Waals surface area contributed by atoms with Gasteiger partial charge in [0.15, 0.2) is 0 Å². The summed E-state index contributed by atoms with van der Waals surface area (Å²) >= 11 is 12.6. The van der Waals surface area contributed by atoms with E-state index in [1.165, 1.54) is 43.8 Å². The molecule has 0 N–H and O–H groups in total. The van der Waals surface area contributed by atoms with Crippen molar-refractivity contribution in [3.05, 3.63) is 81.8 Å². The Labute approximate surface area is 157 Å². The van der Waals surface area contributed by atoms with Gasteiger partial charge in [-0.05, 0) is 74.1 Å².